The zero-order chi connectivity index (χ0) is 14.7. The number of hydrogen-bond donors (Lipinski definition) is 1. The lowest BCUT2D eigenvalue weighted by atomic mass is 10.1. The Morgan fingerprint density at radius 1 is 1.40 bits per heavy atom. The Labute approximate surface area is 127 Å². The van der Waals surface area contributed by atoms with Gasteiger partial charge in [0, 0.05) is 17.0 Å². The highest BCUT2D eigenvalue weighted by Crippen LogP contribution is 2.21. The number of halogens is 3. The standard InChI is InChI=1S/C14H12BrF2NOS/c1-8(5-10-11(16)3-2-4-12(10)17)18-14(19)9-6-13(15)20-7-9/h2-4,6-8H,5H2,1H3,(H,18,19). The highest BCUT2D eigenvalue weighted by molar-refractivity contribution is 9.11. The van der Waals surface area contributed by atoms with Crippen molar-refractivity contribution in [3.05, 3.63) is 56.2 Å². The topological polar surface area (TPSA) is 29.1 Å². The number of carbonyl (C=O) groups excluding carboxylic acids is 1. The molecular formula is C14H12BrF2NOS. The van der Waals surface area contributed by atoms with Crippen LogP contribution < -0.4 is 5.32 Å². The Bertz CT molecular complexity index is 609. The number of hydrogen-bond acceptors (Lipinski definition) is 2. The van der Waals surface area contributed by atoms with Crippen molar-refractivity contribution in [2.45, 2.75) is 19.4 Å². The first kappa shape index (κ1) is 15.1. The van der Waals surface area contributed by atoms with Crippen LogP contribution >= 0.6 is 27.3 Å². The molecule has 6 heteroatoms. The molecule has 1 atom stereocenters. The third-order valence-electron chi connectivity index (χ3n) is 2.78. The molecule has 0 bridgehead atoms. The van der Waals surface area contributed by atoms with E-state index in [2.05, 4.69) is 21.2 Å². The summed E-state index contributed by atoms with van der Waals surface area (Å²) in [6.07, 6.45) is 0.107. The van der Waals surface area contributed by atoms with Crippen molar-refractivity contribution in [1.29, 1.82) is 0 Å². The zero-order valence-electron chi connectivity index (χ0n) is 10.6. The fraction of sp³-hybridized carbons (Fsp3) is 0.214. The summed E-state index contributed by atoms with van der Waals surface area (Å²) in [6.45, 7) is 1.71. The Kier molecular flexibility index (Phi) is 4.88. The number of benzene rings is 1. The summed E-state index contributed by atoms with van der Waals surface area (Å²) < 4.78 is 27.9. The van der Waals surface area contributed by atoms with Crippen LogP contribution in [0.25, 0.3) is 0 Å². The van der Waals surface area contributed by atoms with Crippen LogP contribution in [-0.2, 0) is 6.42 Å². The monoisotopic (exact) mass is 359 g/mol. The van der Waals surface area contributed by atoms with E-state index in [4.69, 9.17) is 0 Å². The van der Waals surface area contributed by atoms with Gasteiger partial charge in [-0.25, -0.2) is 8.78 Å². The van der Waals surface area contributed by atoms with E-state index in [-0.39, 0.29) is 23.9 Å². The largest absolute Gasteiger partial charge is 0.349 e. The maximum Gasteiger partial charge on any atom is 0.252 e. The van der Waals surface area contributed by atoms with Crippen molar-refractivity contribution >= 4 is 33.2 Å². The quantitative estimate of drug-likeness (QED) is 0.872. The lowest BCUT2D eigenvalue weighted by Crippen LogP contribution is -2.34. The minimum absolute atomic E-state index is 0.00759. The molecule has 2 rings (SSSR count). The van der Waals surface area contributed by atoms with Gasteiger partial charge in [0.2, 0.25) is 0 Å². The molecular weight excluding hydrogens is 348 g/mol. The third kappa shape index (κ3) is 3.64. The summed E-state index contributed by atoms with van der Waals surface area (Å²) in [5.41, 5.74) is 0.523. The van der Waals surface area contributed by atoms with Crippen LogP contribution in [0.3, 0.4) is 0 Å². The summed E-state index contributed by atoms with van der Waals surface area (Å²) in [4.78, 5) is 11.9. The predicted molar refractivity (Wildman–Crippen MR) is 79.0 cm³/mol. The number of nitrogens with one attached hydrogen (secondary N) is 1. The molecule has 1 aromatic carbocycles. The van der Waals surface area contributed by atoms with Gasteiger partial charge in [-0.2, -0.15) is 0 Å². The molecule has 1 N–H and O–H groups in total. The summed E-state index contributed by atoms with van der Waals surface area (Å²) >= 11 is 4.68. The minimum atomic E-state index is -0.593. The van der Waals surface area contributed by atoms with Gasteiger partial charge >= 0.3 is 0 Å². The zero-order valence-corrected chi connectivity index (χ0v) is 13.0. The van der Waals surface area contributed by atoms with E-state index in [9.17, 15) is 13.6 Å². The van der Waals surface area contributed by atoms with Crippen LogP contribution in [0, 0.1) is 11.6 Å². The number of amides is 1. The van der Waals surface area contributed by atoms with Gasteiger partial charge in [0.25, 0.3) is 5.91 Å². The average Bonchev–Trinajstić information content (AvgIpc) is 2.81. The van der Waals surface area contributed by atoms with Gasteiger partial charge in [-0.15, -0.1) is 11.3 Å². The van der Waals surface area contributed by atoms with Gasteiger partial charge in [0.1, 0.15) is 11.6 Å². The number of carbonyl (C=O) groups is 1. The van der Waals surface area contributed by atoms with E-state index in [0.717, 1.165) is 3.79 Å². The lowest BCUT2D eigenvalue weighted by Gasteiger charge is -2.14. The van der Waals surface area contributed by atoms with Gasteiger partial charge in [-0.1, -0.05) is 6.07 Å². The molecule has 20 heavy (non-hydrogen) atoms. The first-order valence-electron chi connectivity index (χ1n) is 5.95. The van der Waals surface area contributed by atoms with Crippen LogP contribution in [0.15, 0.2) is 33.4 Å². The smallest absolute Gasteiger partial charge is 0.252 e. The van der Waals surface area contributed by atoms with Crippen LogP contribution in [0.1, 0.15) is 22.8 Å². The maximum absolute atomic E-state index is 13.5. The second-order valence-corrected chi connectivity index (χ2v) is 6.71. The van der Waals surface area contributed by atoms with Crippen molar-refractivity contribution in [2.24, 2.45) is 0 Å². The van der Waals surface area contributed by atoms with Crippen molar-refractivity contribution in [2.75, 3.05) is 0 Å². The van der Waals surface area contributed by atoms with E-state index in [1.165, 1.54) is 29.5 Å². The molecule has 1 unspecified atom stereocenters. The first-order valence-corrected chi connectivity index (χ1v) is 7.62. The Morgan fingerprint density at radius 3 is 2.60 bits per heavy atom. The van der Waals surface area contributed by atoms with Gasteiger partial charge in [0.15, 0.2) is 0 Å². The highest BCUT2D eigenvalue weighted by atomic mass is 79.9. The SMILES string of the molecule is CC(Cc1c(F)cccc1F)NC(=O)c1csc(Br)c1. The molecule has 0 spiro atoms. The van der Waals surface area contributed by atoms with E-state index in [0.29, 0.717) is 5.56 Å². The van der Waals surface area contributed by atoms with E-state index < -0.39 is 11.6 Å². The normalized spacial score (nSPS) is 12.2. The molecule has 0 aliphatic rings. The molecule has 1 amide bonds. The fourth-order valence-corrected chi connectivity index (χ4v) is 2.96. The van der Waals surface area contributed by atoms with Crippen LogP contribution in [0.2, 0.25) is 0 Å². The van der Waals surface area contributed by atoms with Gasteiger partial charge < -0.3 is 5.32 Å². The van der Waals surface area contributed by atoms with Crippen LogP contribution in [0.4, 0.5) is 8.78 Å². The maximum atomic E-state index is 13.5. The minimum Gasteiger partial charge on any atom is -0.349 e. The van der Waals surface area contributed by atoms with Gasteiger partial charge in [-0.05, 0) is 47.5 Å². The van der Waals surface area contributed by atoms with Gasteiger partial charge in [0.05, 0.1) is 9.35 Å². The average molecular weight is 360 g/mol. The Morgan fingerprint density at radius 2 is 2.05 bits per heavy atom. The second-order valence-electron chi connectivity index (χ2n) is 4.42. The molecule has 0 aliphatic carbocycles. The summed E-state index contributed by atoms with van der Waals surface area (Å²) in [5.74, 6) is -1.44. The molecule has 0 saturated heterocycles. The molecule has 0 aliphatic heterocycles. The van der Waals surface area contributed by atoms with Gasteiger partial charge in [-0.3, -0.25) is 4.79 Å². The third-order valence-corrected chi connectivity index (χ3v) is 4.28. The molecule has 2 nitrogen and oxygen atoms in total. The van der Waals surface area contributed by atoms with E-state index >= 15 is 0 Å². The lowest BCUT2D eigenvalue weighted by molar-refractivity contribution is 0.0940. The molecule has 0 fully saturated rings. The molecule has 106 valence electrons. The highest BCUT2D eigenvalue weighted by Gasteiger charge is 2.15. The molecule has 2 aromatic rings. The molecule has 0 saturated carbocycles. The summed E-state index contributed by atoms with van der Waals surface area (Å²) in [6, 6.07) is 5.08. The summed E-state index contributed by atoms with van der Waals surface area (Å²) in [7, 11) is 0. The van der Waals surface area contributed by atoms with Crippen molar-refractivity contribution in [3.63, 3.8) is 0 Å². The molecule has 1 heterocycles. The van der Waals surface area contributed by atoms with E-state index in [1.807, 2.05) is 0 Å². The Hall–Kier alpha value is -1.27. The summed E-state index contributed by atoms with van der Waals surface area (Å²) in [5, 5.41) is 4.44. The second kappa shape index (κ2) is 6.45. The van der Waals surface area contributed by atoms with Crippen molar-refractivity contribution in [3.8, 4) is 0 Å². The molecule has 0 radical (unpaired) electrons. The fourth-order valence-electron chi connectivity index (χ4n) is 1.82. The van der Waals surface area contributed by atoms with E-state index in [1.54, 1.807) is 18.4 Å². The Balaban J connectivity index is 2.02. The van der Waals surface area contributed by atoms with Crippen molar-refractivity contribution < 1.29 is 13.6 Å². The molecule has 1 aromatic heterocycles. The predicted octanol–water partition coefficient (Wildman–Crippen LogP) is 4.15. The first-order chi connectivity index (χ1) is 9.47. The van der Waals surface area contributed by atoms with Crippen LogP contribution in [-0.4, -0.2) is 11.9 Å². The van der Waals surface area contributed by atoms with Crippen molar-refractivity contribution in [1.82, 2.24) is 5.32 Å². The number of thiophene rings is 1. The number of rotatable bonds is 4. The van der Waals surface area contributed by atoms with Crippen LogP contribution in [0.5, 0.6) is 0 Å².